The maximum Gasteiger partial charge on any atom is 0.227 e. The van der Waals surface area contributed by atoms with Gasteiger partial charge < -0.3 is 11.1 Å². The van der Waals surface area contributed by atoms with Gasteiger partial charge in [-0.3, -0.25) is 4.79 Å². The summed E-state index contributed by atoms with van der Waals surface area (Å²) in [6.07, 6.45) is 3.35. The fraction of sp³-hybridized carbons (Fsp3) is 0.429. The Morgan fingerprint density at radius 1 is 1.37 bits per heavy atom. The van der Waals surface area contributed by atoms with Crippen LogP contribution in [0.25, 0.3) is 0 Å². The van der Waals surface area contributed by atoms with Gasteiger partial charge in [0, 0.05) is 17.0 Å². The number of nitrogens with two attached hydrogens (primary N) is 1. The molecule has 1 fully saturated rings. The van der Waals surface area contributed by atoms with E-state index in [1.165, 1.54) is 0 Å². The van der Waals surface area contributed by atoms with Crippen LogP contribution in [0.5, 0.6) is 0 Å². The Balaban J connectivity index is 2.07. The second-order valence-electron chi connectivity index (χ2n) is 4.90. The van der Waals surface area contributed by atoms with Crippen molar-refractivity contribution in [1.82, 2.24) is 0 Å². The molecule has 0 atom stereocenters. The van der Waals surface area contributed by atoms with E-state index in [-0.39, 0.29) is 17.9 Å². The number of rotatable bonds is 2. The van der Waals surface area contributed by atoms with E-state index in [0.717, 1.165) is 25.7 Å². The average Bonchev–Trinajstić information content (AvgIpc) is 2.39. The number of benzene rings is 1. The summed E-state index contributed by atoms with van der Waals surface area (Å²) in [7, 11) is 0. The van der Waals surface area contributed by atoms with E-state index in [1.807, 2.05) is 6.07 Å². The quantitative estimate of drug-likeness (QED) is 0.872. The molecule has 0 unspecified atom stereocenters. The lowest BCUT2D eigenvalue weighted by molar-refractivity contribution is -0.120. The van der Waals surface area contributed by atoms with E-state index in [0.29, 0.717) is 16.3 Å². The molecule has 0 aliphatic heterocycles. The zero-order valence-electron chi connectivity index (χ0n) is 10.5. The van der Waals surface area contributed by atoms with Gasteiger partial charge in [0.1, 0.15) is 6.07 Å². The highest BCUT2D eigenvalue weighted by molar-refractivity contribution is 6.31. The molecule has 2 rings (SSSR count). The molecule has 1 saturated carbocycles. The topological polar surface area (TPSA) is 78.9 Å². The summed E-state index contributed by atoms with van der Waals surface area (Å²) >= 11 is 5.88. The fourth-order valence-corrected chi connectivity index (χ4v) is 2.51. The van der Waals surface area contributed by atoms with Gasteiger partial charge in [-0.05, 0) is 43.9 Å². The van der Waals surface area contributed by atoms with E-state index >= 15 is 0 Å². The molecule has 3 N–H and O–H groups in total. The van der Waals surface area contributed by atoms with Gasteiger partial charge >= 0.3 is 0 Å². The minimum Gasteiger partial charge on any atom is -0.328 e. The molecule has 5 heteroatoms. The maximum absolute atomic E-state index is 12.1. The SMILES string of the molecule is N#Cc1ccc(Cl)cc1NC(=O)C1CCC(N)CC1. The number of carbonyl (C=O) groups excluding carboxylic acids is 1. The third-order valence-electron chi connectivity index (χ3n) is 3.50. The molecule has 0 radical (unpaired) electrons. The number of halogens is 1. The molecule has 1 aliphatic carbocycles. The van der Waals surface area contributed by atoms with Crippen LogP contribution in [0.4, 0.5) is 5.69 Å². The number of nitrogens with zero attached hydrogens (tertiary/aromatic N) is 1. The Morgan fingerprint density at radius 2 is 2.05 bits per heavy atom. The first-order valence-corrected chi connectivity index (χ1v) is 6.74. The number of hydrogen-bond acceptors (Lipinski definition) is 3. The molecule has 100 valence electrons. The van der Waals surface area contributed by atoms with Crippen LogP contribution in [0.15, 0.2) is 18.2 Å². The second kappa shape index (κ2) is 6.05. The van der Waals surface area contributed by atoms with Crippen LogP contribution >= 0.6 is 11.6 Å². The Labute approximate surface area is 117 Å². The first kappa shape index (κ1) is 13.9. The molecule has 19 heavy (non-hydrogen) atoms. The van der Waals surface area contributed by atoms with Gasteiger partial charge in [0.25, 0.3) is 0 Å². The first-order chi connectivity index (χ1) is 9.10. The van der Waals surface area contributed by atoms with E-state index in [1.54, 1.807) is 18.2 Å². The molecule has 1 aliphatic rings. The van der Waals surface area contributed by atoms with Crippen molar-refractivity contribution < 1.29 is 4.79 Å². The maximum atomic E-state index is 12.1. The normalized spacial score (nSPS) is 22.6. The number of carbonyl (C=O) groups is 1. The lowest BCUT2D eigenvalue weighted by Crippen LogP contribution is -2.32. The van der Waals surface area contributed by atoms with Gasteiger partial charge in [-0.1, -0.05) is 11.6 Å². The van der Waals surface area contributed by atoms with Crippen LogP contribution in [0, 0.1) is 17.2 Å². The third kappa shape index (κ3) is 3.46. The molecule has 0 spiro atoms. The van der Waals surface area contributed by atoms with Crippen LogP contribution in [0.1, 0.15) is 31.2 Å². The summed E-state index contributed by atoms with van der Waals surface area (Å²) in [5, 5.41) is 12.3. The molecule has 0 saturated heterocycles. The van der Waals surface area contributed by atoms with Gasteiger partial charge in [0.05, 0.1) is 11.3 Å². The number of nitrogens with one attached hydrogen (secondary N) is 1. The molecule has 1 aromatic carbocycles. The summed E-state index contributed by atoms with van der Waals surface area (Å²) in [6.45, 7) is 0. The summed E-state index contributed by atoms with van der Waals surface area (Å²) in [5.74, 6) is -0.0732. The highest BCUT2D eigenvalue weighted by Crippen LogP contribution is 2.26. The van der Waals surface area contributed by atoms with Gasteiger partial charge in [0.15, 0.2) is 0 Å². The van der Waals surface area contributed by atoms with Crippen LogP contribution < -0.4 is 11.1 Å². The van der Waals surface area contributed by atoms with Crippen LogP contribution in [0.2, 0.25) is 5.02 Å². The summed E-state index contributed by atoms with van der Waals surface area (Å²) in [5.41, 5.74) is 6.73. The standard InChI is InChI=1S/C14H16ClN3O/c15-11-4-1-10(8-16)13(7-11)18-14(19)9-2-5-12(17)6-3-9/h1,4,7,9,12H,2-3,5-6,17H2,(H,18,19). The van der Waals surface area contributed by atoms with Crippen LogP contribution in [0.3, 0.4) is 0 Å². The molecule has 0 heterocycles. The van der Waals surface area contributed by atoms with Crippen molar-refractivity contribution in [2.75, 3.05) is 5.32 Å². The minimum atomic E-state index is -0.0503. The largest absolute Gasteiger partial charge is 0.328 e. The molecular weight excluding hydrogens is 262 g/mol. The Morgan fingerprint density at radius 3 is 2.68 bits per heavy atom. The predicted molar refractivity (Wildman–Crippen MR) is 74.7 cm³/mol. The summed E-state index contributed by atoms with van der Waals surface area (Å²) in [6, 6.07) is 7.10. The average molecular weight is 278 g/mol. The number of nitriles is 1. The van der Waals surface area contributed by atoms with E-state index in [9.17, 15) is 4.79 Å². The van der Waals surface area contributed by atoms with Gasteiger partial charge in [0.2, 0.25) is 5.91 Å². The molecule has 0 aromatic heterocycles. The van der Waals surface area contributed by atoms with Crippen molar-refractivity contribution in [3.05, 3.63) is 28.8 Å². The number of anilines is 1. The summed E-state index contributed by atoms with van der Waals surface area (Å²) in [4.78, 5) is 12.1. The van der Waals surface area contributed by atoms with Crippen molar-refractivity contribution in [2.24, 2.45) is 11.7 Å². The minimum absolute atomic E-state index is 0.0228. The Hall–Kier alpha value is -1.57. The fourth-order valence-electron chi connectivity index (χ4n) is 2.33. The second-order valence-corrected chi connectivity index (χ2v) is 5.34. The zero-order valence-corrected chi connectivity index (χ0v) is 11.3. The number of amides is 1. The Kier molecular flexibility index (Phi) is 4.41. The van der Waals surface area contributed by atoms with E-state index in [2.05, 4.69) is 5.32 Å². The smallest absolute Gasteiger partial charge is 0.227 e. The van der Waals surface area contributed by atoms with Crippen molar-refractivity contribution in [2.45, 2.75) is 31.7 Å². The number of hydrogen-bond donors (Lipinski definition) is 2. The van der Waals surface area contributed by atoms with Gasteiger partial charge in [-0.25, -0.2) is 0 Å². The lowest BCUT2D eigenvalue weighted by atomic mass is 9.86. The molecule has 1 amide bonds. The van der Waals surface area contributed by atoms with Crippen molar-refractivity contribution in [3.8, 4) is 6.07 Å². The third-order valence-corrected chi connectivity index (χ3v) is 3.74. The lowest BCUT2D eigenvalue weighted by Gasteiger charge is -2.25. The molecule has 1 aromatic rings. The van der Waals surface area contributed by atoms with Crippen LogP contribution in [-0.2, 0) is 4.79 Å². The van der Waals surface area contributed by atoms with E-state index < -0.39 is 0 Å². The highest BCUT2D eigenvalue weighted by atomic mass is 35.5. The summed E-state index contributed by atoms with van der Waals surface area (Å²) < 4.78 is 0. The predicted octanol–water partition coefficient (Wildman–Crippen LogP) is 2.67. The molecule has 4 nitrogen and oxygen atoms in total. The van der Waals surface area contributed by atoms with Crippen LogP contribution in [-0.4, -0.2) is 11.9 Å². The molecule has 0 bridgehead atoms. The molecular formula is C14H16ClN3O. The van der Waals surface area contributed by atoms with Crippen molar-refractivity contribution in [1.29, 1.82) is 5.26 Å². The first-order valence-electron chi connectivity index (χ1n) is 6.36. The highest BCUT2D eigenvalue weighted by Gasteiger charge is 2.25. The Bertz CT molecular complexity index is 516. The van der Waals surface area contributed by atoms with Crippen molar-refractivity contribution >= 4 is 23.2 Å². The van der Waals surface area contributed by atoms with Crippen molar-refractivity contribution in [3.63, 3.8) is 0 Å². The zero-order chi connectivity index (χ0) is 13.8. The van der Waals surface area contributed by atoms with Gasteiger partial charge in [-0.15, -0.1) is 0 Å². The van der Waals surface area contributed by atoms with Gasteiger partial charge in [-0.2, -0.15) is 5.26 Å². The van der Waals surface area contributed by atoms with E-state index in [4.69, 9.17) is 22.6 Å². The monoisotopic (exact) mass is 277 g/mol.